The molecule has 3 nitrogen and oxygen atoms in total. The molecule has 0 saturated carbocycles. The number of nitrogens with two attached hydrogens (primary N) is 1. The minimum Gasteiger partial charge on any atom is -0.375 e. The summed E-state index contributed by atoms with van der Waals surface area (Å²) in [5, 5.41) is 2.77. The third kappa shape index (κ3) is 6.03. The standard InChI is InChI=1S/C13H25N3S/c1-3-5-8-16(9-6-4-2)10-7-12-11-17-13(14)15-12/h11H,3-10H2,1-2H3,(H2,14,15). The van der Waals surface area contributed by atoms with Crippen molar-refractivity contribution in [3.8, 4) is 0 Å². The van der Waals surface area contributed by atoms with Crippen molar-refractivity contribution in [1.82, 2.24) is 9.88 Å². The molecule has 98 valence electrons. The highest BCUT2D eigenvalue weighted by Gasteiger charge is 2.05. The van der Waals surface area contributed by atoms with E-state index in [2.05, 4.69) is 29.1 Å². The van der Waals surface area contributed by atoms with Crippen molar-refractivity contribution in [1.29, 1.82) is 0 Å². The Morgan fingerprint density at radius 2 is 1.82 bits per heavy atom. The molecule has 0 spiro atoms. The molecule has 0 unspecified atom stereocenters. The largest absolute Gasteiger partial charge is 0.375 e. The summed E-state index contributed by atoms with van der Waals surface area (Å²) < 4.78 is 0. The van der Waals surface area contributed by atoms with Crippen LogP contribution in [-0.4, -0.2) is 29.5 Å². The number of unbranched alkanes of at least 4 members (excludes halogenated alkanes) is 2. The first-order valence-electron chi connectivity index (χ1n) is 6.68. The molecule has 0 atom stereocenters. The van der Waals surface area contributed by atoms with Crippen LogP contribution >= 0.6 is 11.3 Å². The minimum atomic E-state index is 0.689. The SMILES string of the molecule is CCCCN(CCCC)CCc1csc(N)n1. The molecule has 0 aliphatic carbocycles. The van der Waals surface area contributed by atoms with E-state index in [0.29, 0.717) is 5.13 Å². The van der Waals surface area contributed by atoms with Gasteiger partial charge in [0.2, 0.25) is 0 Å². The summed E-state index contributed by atoms with van der Waals surface area (Å²) in [6.07, 6.45) is 6.16. The number of nitrogens with zero attached hydrogens (tertiary/aromatic N) is 2. The van der Waals surface area contributed by atoms with E-state index in [1.807, 2.05) is 0 Å². The number of hydrogen-bond acceptors (Lipinski definition) is 4. The van der Waals surface area contributed by atoms with Crippen LogP contribution in [0.2, 0.25) is 0 Å². The van der Waals surface area contributed by atoms with Gasteiger partial charge in [-0.3, -0.25) is 0 Å². The maximum atomic E-state index is 5.64. The van der Waals surface area contributed by atoms with Gasteiger partial charge in [-0.15, -0.1) is 11.3 Å². The molecule has 0 aliphatic heterocycles. The Morgan fingerprint density at radius 1 is 1.18 bits per heavy atom. The first kappa shape index (κ1) is 14.5. The van der Waals surface area contributed by atoms with Crippen LogP contribution in [0.25, 0.3) is 0 Å². The van der Waals surface area contributed by atoms with E-state index in [9.17, 15) is 0 Å². The lowest BCUT2D eigenvalue weighted by Crippen LogP contribution is -2.28. The summed E-state index contributed by atoms with van der Waals surface area (Å²) in [5.41, 5.74) is 6.78. The molecule has 2 N–H and O–H groups in total. The molecular weight excluding hydrogens is 230 g/mol. The summed E-state index contributed by atoms with van der Waals surface area (Å²) in [7, 11) is 0. The summed E-state index contributed by atoms with van der Waals surface area (Å²) in [6.45, 7) is 8.05. The Labute approximate surface area is 109 Å². The first-order valence-corrected chi connectivity index (χ1v) is 7.56. The zero-order chi connectivity index (χ0) is 12.5. The second-order valence-corrected chi connectivity index (χ2v) is 5.37. The molecule has 1 rings (SSSR count). The fourth-order valence-electron chi connectivity index (χ4n) is 1.81. The lowest BCUT2D eigenvalue weighted by molar-refractivity contribution is 0.268. The summed E-state index contributed by atoms with van der Waals surface area (Å²) in [5.74, 6) is 0. The maximum absolute atomic E-state index is 5.64. The van der Waals surface area contributed by atoms with Crippen LogP contribution in [0, 0.1) is 0 Å². The van der Waals surface area contributed by atoms with Gasteiger partial charge in [0.1, 0.15) is 0 Å². The highest BCUT2D eigenvalue weighted by atomic mass is 32.1. The molecular formula is C13H25N3S. The molecule has 0 radical (unpaired) electrons. The zero-order valence-electron chi connectivity index (χ0n) is 11.1. The molecule has 1 aromatic heterocycles. The van der Waals surface area contributed by atoms with Crippen LogP contribution in [0.1, 0.15) is 45.2 Å². The molecule has 0 saturated heterocycles. The lowest BCUT2D eigenvalue weighted by atomic mass is 10.2. The van der Waals surface area contributed by atoms with Gasteiger partial charge < -0.3 is 10.6 Å². The van der Waals surface area contributed by atoms with Gasteiger partial charge in [-0.1, -0.05) is 26.7 Å². The first-order chi connectivity index (χ1) is 8.26. The monoisotopic (exact) mass is 255 g/mol. The molecule has 17 heavy (non-hydrogen) atoms. The van der Waals surface area contributed by atoms with E-state index in [4.69, 9.17) is 5.73 Å². The van der Waals surface area contributed by atoms with Gasteiger partial charge in [0.25, 0.3) is 0 Å². The van der Waals surface area contributed by atoms with Crippen LogP contribution in [0.15, 0.2) is 5.38 Å². The fourth-order valence-corrected chi connectivity index (χ4v) is 2.41. The lowest BCUT2D eigenvalue weighted by Gasteiger charge is -2.21. The molecule has 0 aliphatic rings. The topological polar surface area (TPSA) is 42.1 Å². The van der Waals surface area contributed by atoms with Gasteiger partial charge in [0.15, 0.2) is 5.13 Å². The second kappa shape index (κ2) is 8.48. The Morgan fingerprint density at radius 3 is 2.29 bits per heavy atom. The van der Waals surface area contributed by atoms with Gasteiger partial charge in [-0.25, -0.2) is 4.98 Å². The second-order valence-electron chi connectivity index (χ2n) is 4.48. The molecule has 0 amide bonds. The van der Waals surface area contributed by atoms with Crippen LogP contribution in [0.3, 0.4) is 0 Å². The van der Waals surface area contributed by atoms with Gasteiger partial charge in [-0.2, -0.15) is 0 Å². The average molecular weight is 255 g/mol. The highest BCUT2D eigenvalue weighted by molar-refractivity contribution is 7.13. The average Bonchev–Trinajstić information content (AvgIpc) is 2.74. The number of nitrogen functional groups attached to an aromatic ring is 1. The van der Waals surface area contributed by atoms with Gasteiger partial charge >= 0.3 is 0 Å². The van der Waals surface area contributed by atoms with Gasteiger partial charge in [0, 0.05) is 18.3 Å². The van der Waals surface area contributed by atoms with E-state index in [1.54, 1.807) is 0 Å². The van der Waals surface area contributed by atoms with Crippen molar-refractivity contribution in [2.45, 2.75) is 46.0 Å². The number of anilines is 1. The number of hydrogen-bond donors (Lipinski definition) is 1. The van der Waals surface area contributed by atoms with Crippen molar-refractivity contribution in [2.24, 2.45) is 0 Å². The predicted octanol–water partition coefficient (Wildman–Crippen LogP) is 3.17. The normalized spacial score (nSPS) is 11.2. The number of rotatable bonds is 9. The molecule has 1 heterocycles. The van der Waals surface area contributed by atoms with Crippen molar-refractivity contribution < 1.29 is 0 Å². The van der Waals surface area contributed by atoms with Gasteiger partial charge in [-0.05, 0) is 25.9 Å². The fraction of sp³-hybridized carbons (Fsp3) is 0.769. The highest BCUT2D eigenvalue weighted by Crippen LogP contribution is 2.12. The Bertz CT molecular complexity index is 291. The third-order valence-corrected chi connectivity index (χ3v) is 3.63. The Hall–Kier alpha value is -0.610. The summed E-state index contributed by atoms with van der Waals surface area (Å²) in [6, 6.07) is 0. The third-order valence-electron chi connectivity index (χ3n) is 2.91. The molecule has 0 bridgehead atoms. The van der Waals surface area contributed by atoms with Crippen molar-refractivity contribution in [3.05, 3.63) is 11.1 Å². The van der Waals surface area contributed by atoms with Crippen molar-refractivity contribution >= 4 is 16.5 Å². The summed E-state index contributed by atoms with van der Waals surface area (Å²) >= 11 is 1.54. The minimum absolute atomic E-state index is 0.689. The molecule has 0 aromatic carbocycles. The van der Waals surface area contributed by atoms with Crippen LogP contribution in [-0.2, 0) is 6.42 Å². The molecule has 0 fully saturated rings. The van der Waals surface area contributed by atoms with E-state index in [1.165, 1.54) is 50.1 Å². The molecule has 4 heteroatoms. The maximum Gasteiger partial charge on any atom is 0.180 e. The zero-order valence-corrected chi connectivity index (χ0v) is 11.9. The van der Waals surface area contributed by atoms with Gasteiger partial charge in [0.05, 0.1) is 5.69 Å². The van der Waals surface area contributed by atoms with E-state index in [0.717, 1.165) is 18.7 Å². The van der Waals surface area contributed by atoms with E-state index < -0.39 is 0 Å². The van der Waals surface area contributed by atoms with Crippen LogP contribution in [0.5, 0.6) is 0 Å². The van der Waals surface area contributed by atoms with Crippen LogP contribution in [0.4, 0.5) is 5.13 Å². The van der Waals surface area contributed by atoms with E-state index in [-0.39, 0.29) is 0 Å². The summed E-state index contributed by atoms with van der Waals surface area (Å²) in [4.78, 5) is 6.87. The van der Waals surface area contributed by atoms with Crippen LogP contribution < -0.4 is 5.73 Å². The molecule has 1 aromatic rings. The Balaban J connectivity index is 2.31. The predicted molar refractivity (Wildman–Crippen MR) is 76.5 cm³/mol. The quantitative estimate of drug-likeness (QED) is 0.737. The number of thiazole rings is 1. The number of aromatic nitrogens is 1. The smallest absolute Gasteiger partial charge is 0.180 e. The Kier molecular flexibility index (Phi) is 7.21. The van der Waals surface area contributed by atoms with Crippen molar-refractivity contribution in [2.75, 3.05) is 25.4 Å². The van der Waals surface area contributed by atoms with E-state index >= 15 is 0 Å². The van der Waals surface area contributed by atoms with Crippen molar-refractivity contribution in [3.63, 3.8) is 0 Å².